The van der Waals surface area contributed by atoms with Crippen molar-refractivity contribution in [2.45, 2.75) is 11.8 Å². The molecule has 0 saturated heterocycles. The molecule has 0 aliphatic heterocycles. The molecule has 0 radical (unpaired) electrons. The van der Waals surface area contributed by atoms with Gasteiger partial charge in [-0.15, -0.1) is 0 Å². The summed E-state index contributed by atoms with van der Waals surface area (Å²) in [5.74, 6) is 0.256. The second-order valence-electron chi connectivity index (χ2n) is 3.85. The number of primary sulfonamides is 1. The van der Waals surface area contributed by atoms with Gasteiger partial charge in [-0.3, -0.25) is 0 Å². The molecular weight excluding hydrogens is 438 g/mol. The summed E-state index contributed by atoms with van der Waals surface area (Å²) in [6.45, 7) is 1.53. The Bertz CT molecular complexity index is 677. The molecule has 0 spiro atoms. The van der Waals surface area contributed by atoms with Gasteiger partial charge in [0.2, 0.25) is 10.0 Å². The lowest BCUT2D eigenvalue weighted by atomic mass is 10.3. The van der Waals surface area contributed by atoms with E-state index in [1.54, 1.807) is 6.92 Å². The lowest BCUT2D eigenvalue weighted by molar-refractivity contribution is 0.336. The minimum Gasteiger partial charge on any atom is -0.490 e. The highest BCUT2D eigenvalue weighted by atomic mass is 79.9. The average Bonchev–Trinajstić information content (AvgIpc) is 2.31. The Hall–Kier alpha value is -0.160. The molecule has 0 aromatic heterocycles. The van der Waals surface area contributed by atoms with E-state index in [1.165, 1.54) is 12.1 Å². The van der Waals surface area contributed by atoms with E-state index in [2.05, 4.69) is 31.9 Å². The van der Waals surface area contributed by atoms with Crippen LogP contribution in [0.4, 0.5) is 0 Å². The molecule has 114 valence electrons. The van der Waals surface area contributed by atoms with E-state index < -0.39 is 19.9 Å². The smallest absolute Gasteiger partial charge is 0.238 e. The van der Waals surface area contributed by atoms with E-state index in [-0.39, 0.29) is 23.0 Å². The molecule has 2 N–H and O–H groups in total. The predicted molar refractivity (Wildman–Crippen MR) is 83.0 cm³/mol. The van der Waals surface area contributed by atoms with Gasteiger partial charge in [0.1, 0.15) is 12.4 Å². The quantitative estimate of drug-likeness (QED) is 0.709. The number of halogens is 2. The molecule has 1 aromatic carbocycles. The highest BCUT2D eigenvalue weighted by molar-refractivity contribution is 9.11. The van der Waals surface area contributed by atoms with Gasteiger partial charge < -0.3 is 4.74 Å². The summed E-state index contributed by atoms with van der Waals surface area (Å²) in [7, 11) is -6.94. The summed E-state index contributed by atoms with van der Waals surface area (Å²) in [5.41, 5.74) is 0. The van der Waals surface area contributed by atoms with E-state index in [0.29, 0.717) is 14.7 Å². The van der Waals surface area contributed by atoms with Crippen LogP contribution in [-0.2, 0) is 19.9 Å². The molecule has 0 amide bonds. The van der Waals surface area contributed by atoms with Crippen molar-refractivity contribution in [3.63, 3.8) is 0 Å². The van der Waals surface area contributed by atoms with Crippen LogP contribution >= 0.6 is 31.9 Å². The molecule has 0 aliphatic carbocycles. The minimum absolute atomic E-state index is 0.0257. The van der Waals surface area contributed by atoms with Gasteiger partial charge in [-0.25, -0.2) is 22.0 Å². The third kappa shape index (κ3) is 4.99. The fraction of sp³-hybridized carbons (Fsp3) is 0.400. The highest BCUT2D eigenvalue weighted by Gasteiger charge is 2.16. The van der Waals surface area contributed by atoms with Gasteiger partial charge in [0.15, 0.2) is 9.84 Å². The zero-order valence-electron chi connectivity index (χ0n) is 10.5. The standard InChI is InChI=1S/C10H13Br2NO5S2/c1-2-19(14,15)4-3-18-10-8(11)5-7(6-9(10)12)20(13,16)17/h5-6H,2-4H2,1H3,(H2,13,16,17). The van der Waals surface area contributed by atoms with Crippen LogP contribution < -0.4 is 9.88 Å². The SMILES string of the molecule is CCS(=O)(=O)CCOc1c(Br)cc(S(N)(=O)=O)cc1Br. The van der Waals surface area contributed by atoms with Crippen LogP contribution in [0.5, 0.6) is 5.75 Å². The van der Waals surface area contributed by atoms with Crippen LogP contribution in [0, 0.1) is 0 Å². The number of benzene rings is 1. The van der Waals surface area contributed by atoms with Crippen molar-refractivity contribution >= 4 is 51.7 Å². The summed E-state index contributed by atoms with van der Waals surface area (Å²) in [4.78, 5) is -0.0789. The first-order valence-electron chi connectivity index (χ1n) is 5.42. The van der Waals surface area contributed by atoms with Gasteiger partial charge >= 0.3 is 0 Å². The number of nitrogens with two attached hydrogens (primary N) is 1. The van der Waals surface area contributed by atoms with Gasteiger partial charge in [0, 0.05) is 5.75 Å². The van der Waals surface area contributed by atoms with Crippen LogP contribution in [-0.4, -0.2) is 34.9 Å². The van der Waals surface area contributed by atoms with Crippen LogP contribution in [0.25, 0.3) is 0 Å². The molecule has 1 rings (SSSR count). The van der Waals surface area contributed by atoms with Crippen LogP contribution in [0.3, 0.4) is 0 Å². The fourth-order valence-electron chi connectivity index (χ4n) is 1.25. The largest absolute Gasteiger partial charge is 0.490 e. The van der Waals surface area contributed by atoms with Gasteiger partial charge in [-0.2, -0.15) is 0 Å². The van der Waals surface area contributed by atoms with E-state index in [1.807, 2.05) is 0 Å². The zero-order chi connectivity index (χ0) is 15.6. The first kappa shape index (κ1) is 17.9. The number of hydrogen-bond donors (Lipinski definition) is 1. The number of rotatable bonds is 6. The third-order valence-corrected chi connectivity index (χ3v) is 6.12. The summed E-state index contributed by atoms with van der Waals surface area (Å²) in [5, 5.41) is 5.03. The van der Waals surface area contributed by atoms with Crippen molar-refractivity contribution in [3.05, 3.63) is 21.1 Å². The lowest BCUT2D eigenvalue weighted by Crippen LogP contribution is -2.16. The molecule has 0 heterocycles. The monoisotopic (exact) mass is 449 g/mol. The van der Waals surface area contributed by atoms with Gasteiger partial charge in [-0.1, -0.05) is 6.92 Å². The topological polar surface area (TPSA) is 104 Å². The van der Waals surface area contributed by atoms with Crippen molar-refractivity contribution in [1.82, 2.24) is 0 Å². The maximum absolute atomic E-state index is 11.3. The first-order chi connectivity index (χ1) is 9.07. The van der Waals surface area contributed by atoms with Crippen molar-refractivity contribution in [2.75, 3.05) is 18.1 Å². The Morgan fingerprint density at radius 1 is 1.15 bits per heavy atom. The number of sulfone groups is 1. The maximum atomic E-state index is 11.3. The minimum atomic E-state index is -3.82. The van der Waals surface area contributed by atoms with E-state index in [0.717, 1.165) is 0 Å². The lowest BCUT2D eigenvalue weighted by Gasteiger charge is -2.11. The highest BCUT2D eigenvalue weighted by Crippen LogP contribution is 2.35. The van der Waals surface area contributed by atoms with Gasteiger partial charge in [0.05, 0.1) is 19.6 Å². The summed E-state index contributed by atoms with van der Waals surface area (Å²) >= 11 is 6.33. The number of hydrogen-bond acceptors (Lipinski definition) is 5. The fourth-order valence-corrected chi connectivity index (χ4v) is 4.16. The van der Waals surface area contributed by atoms with E-state index in [4.69, 9.17) is 9.88 Å². The molecule has 0 unspecified atom stereocenters. The molecule has 10 heteroatoms. The summed E-state index contributed by atoms with van der Waals surface area (Å²) < 4.78 is 51.3. The molecular formula is C10H13Br2NO5S2. The number of sulfonamides is 1. The van der Waals surface area contributed by atoms with E-state index >= 15 is 0 Å². The van der Waals surface area contributed by atoms with Crippen LogP contribution in [0.1, 0.15) is 6.92 Å². The average molecular weight is 451 g/mol. The maximum Gasteiger partial charge on any atom is 0.238 e. The van der Waals surface area contributed by atoms with Gasteiger partial charge in [0.25, 0.3) is 0 Å². The Morgan fingerprint density at radius 3 is 2.05 bits per heavy atom. The molecule has 0 saturated carbocycles. The summed E-state index contributed by atoms with van der Waals surface area (Å²) in [6.07, 6.45) is 0. The molecule has 0 atom stereocenters. The van der Waals surface area contributed by atoms with Crippen molar-refractivity contribution < 1.29 is 21.6 Å². The molecule has 1 aromatic rings. The van der Waals surface area contributed by atoms with Crippen molar-refractivity contribution in [2.24, 2.45) is 5.14 Å². The Balaban J connectivity index is 2.93. The first-order valence-corrected chi connectivity index (χ1v) is 10.4. The third-order valence-electron chi connectivity index (χ3n) is 2.38. The van der Waals surface area contributed by atoms with Crippen LogP contribution in [0.15, 0.2) is 26.0 Å². The molecule has 0 aliphatic rings. The summed E-state index contributed by atoms with van der Waals surface area (Å²) in [6, 6.07) is 2.59. The second kappa shape index (κ2) is 6.73. The predicted octanol–water partition coefficient (Wildman–Crippen LogP) is 1.67. The molecule has 0 bridgehead atoms. The Morgan fingerprint density at radius 2 is 1.65 bits per heavy atom. The molecule has 20 heavy (non-hydrogen) atoms. The van der Waals surface area contributed by atoms with Crippen molar-refractivity contribution in [1.29, 1.82) is 0 Å². The normalized spacial score (nSPS) is 12.4. The van der Waals surface area contributed by atoms with E-state index in [9.17, 15) is 16.8 Å². The molecule has 0 fully saturated rings. The second-order valence-corrected chi connectivity index (χ2v) is 9.59. The van der Waals surface area contributed by atoms with Crippen molar-refractivity contribution in [3.8, 4) is 5.75 Å². The van der Waals surface area contributed by atoms with Gasteiger partial charge in [-0.05, 0) is 44.0 Å². The molecule has 6 nitrogen and oxygen atoms in total. The number of ether oxygens (including phenoxy) is 1. The Labute approximate surface area is 134 Å². The van der Waals surface area contributed by atoms with Crippen LogP contribution in [0.2, 0.25) is 0 Å². The Kier molecular flexibility index (Phi) is 6.02. The zero-order valence-corrected chi connectivity index (χ0v) is 15.3.